The molecule has 0 aromatic heterocycles. The zero-order valence-electron chi connectivity index (χ0n) is 13.4. The summed E-state index contributed by atoms with van der Waals surface area (Å²) in [5.41, 5.74) is 10.8. The van der Waals surface area contributed by atoms with Crippen LogP contribution in [-0.2, 0) is 0 Å². The molecule has 0 amide bonds. The minimum absolute atomic E-state index is 0.217. The van der Waals surface area contributed by atoms with Gasteiger partial charge in [-0.1, -0.05) is 12.1 Å². The minimum atomic E-state index is -0.383. The van der Waals surface area contributed by atoms with Gasteiger partial charge in [0.05, 0.1) is 0 Å². The van der Waals surface area contributed by atoms with Crippen molar-refractivity contribution in [2.75, 3.05) is 5.73 Å². The maximum atomic E-state index is 13.4. The Morgan fingerprint density at radius 2 is 1.78 bits per heavy atom. The Bertz CT molecular complexity index is 801. The van der Waals surface area contributed by atoms with E-state index < -0.39 is 0 Å². The number of nitrogens with two attached hydrogens (primary N) is 1. The molecule has 3 heteroatoms. The average molecular weight is 309 g/mol. The first kappa shape index (κ1) is 14.3. The molecule has 1 fully saturated rings. The summed E-state index contributed by atoms with van der Waals surface area (Å²) in [7, 11) is 0. The molecule has 2 aromatic rings. The summed E-state index contributed by atoms with van der Waals surface area (Å²) in [6.45, 7) is 4.21. The van der Waals surface area contributed by atoms with Gasteiger partial charge in [-0.15, -0.1) is 0 Å². The molecular weight excluding hydrogens is 289 g/mol. The van der Waals surface area contributed by atoms with Crippen molar-refractivity contribution in [3.05, 3.63) is 65.0 Å². The molecule has 2 aromatic carbocycles. The van der Waals surface area contributed by atoms with Crippen molar-refractivity contribution in [3.63, 3.8) is 0 Å². The summed E-state index contributed by atoms with van der Waals surface area (Å²) in [5, 5.41) is 0. The molecule has 0 spiro atoms. The van der Waals surface area contributed by atoms with E-state index in [0.29, 0.717) is 11.6 Å². The van der Waals surface area contributed by atoms with E-state index in [1.165, 1.54) is 36.1 Å². The lowest BCUT2D eigenvalue weighted by atomic mass is 9.80. The van der Waals surface area contributed by atoms with E-state index in [2.05, 4.69) is 13.8 Å². The number of halogens is 1. The molecule has 0 saturated heterocycles. The van der Waals surface area contributed by atoms with Crippen LogP contribution in [0.25, 0.3) is 5.57 Å². The highest BCUT2D eigenvalue weighted by Crippen LogP contribution is 2.52. The van der Waals surface area contributed by atoms with Crippen LogP contribution in [0.3, 0.4) is 0 Å². The van der Waals surface area contributed by atoms with E-state index in [1.54, 1.807) is 0 Å². The predicted octanol–water partition coefficient (Wildman–Crippen LogP) is 4.79. The van der Waals surface area contributed by atoms with Gasteiger partial charge in [-0.3, -0.25) is 0 Å². The summed E-state index contributed by atoms with van der Waals surface area (Å²) < 4.78 is 19.6. The number of ether oxygens (including phenoxy) is 1. The Kier molecular flexibility index (Phi) is 3.02. The molecule has 2 N–H and O–H groups in total. The van der Waals surface area contributed by atoms with Crippen molar-refractivity contribution >= 4 is 11.3 Å². The quantitative estimate of drug-likeness (QED) is 0.809. The van der Waals surface area contributed by atoms with Gasteiger partial charge in [0.15, 0.2) is 0 Å². The normalized spacial score (nSPS) is 19.3. The Morgan fingerprint density at radius 1 is 1.09 bits per heavy atom. The van der Waals surface area contributed by atoms with E-state index in [0.717, 1.165) is 16.9 Å². The third kappa shape index (κ3) is 2.40. The summed E-state index contributed by atoms with van der Waals surface area (Å²) >= 11 is 0. The Morgan fingerprint density at radius 3 is 2.43 bits per heavy atom. The van der Waals surface area contributed by atoms with E-state index >= 15 is 0 Å². The van der Waals surface area contributed by atoms with E-state index in [9.17, 15) is 4.39 Å². The lowest BCUT2D eigenvalue weighted by molar-refractivity contribution is 0.138. The molecule has 0 radical (unpaired) electrons. The van der Waals surface area contributed by atoms with Gasteiger partial charge in [0.1, 0.15) is 17.2 Å². The molecule has 4 rings (SSSR count). The van der Waals surface area contributed by atoms with E-state index in [-0.39, 0.29) is 11.4 Å². The Balaban J connectivity index is 2.00. The second-order valence-corrected chi connectivity index (χ2v) is 6.94. The van der Waals surface area contributed by atoms with Crippen molar-refractivity contribution < 1.29 is 9.13 Å². The number of fused-ring (bicyclic) bond motifs is 1. The molecule has 0 atom stereocenters. The fraction of sp³-hybridized carbons (Fsp3) is 0.300. The lowest BCUT2D eigenvalue weighted by Gasteiger charge is -2.38. The fourth-order valence-electron chi connectivity index (χ4n) is 3.60. The van der Waals surface area contributed by atoms with Crippen molar-refractivity contribution in [2.45, 2.75) is 32.3 Å². The van der Waals surface area contributed by atoms with Crippen LogP contribution in [0.15, 0.2) is 48.0 Å². The number of benzene rings is 2. The molecular formula is C20H20FNO. The highest BCUT2D eigenvalue weighted by molar-refractivity contribution is 5.88. The van der Waals surface area contributed by atoms with Gasteiger partial charge in [0.25, 0.3) is 0 Å². The SMILES string of the molecule is CC1(C)Oc2cc(N)ccc2C(c2ccc(F)cc2)=C1C1CC1. The summed E-state index contributed by atoms with van der Waals surface area (Å²) in [6, 6.07) is 12.5. The van der Waals surface area contributed by atoms with Crippen molar-refractivity contribution in [2.24, 2.45) is 5.92 Å². The molecule has 1 aliphatic carbocycles. The van der Waals surface area contributed by atoms with Gasteiger partial charge in [0, 0.05) is 17.3 Å². The smallest absolute Gasteiger partial charge is 0.130 e. The maximum absolute atomic E-state index is 13.4. The van der Waals surface area contributed by atoms with Crippen LogP contribution < -0.4 is 10.5 Å². The number of hydrogen-bond donors (Lipinski definition) is 1. The molecule has 118 valence electrons. The summed E-state index contributed by atoms with van der Waals surface area (Å²) in [6.07, 6.45) is 2.38. The van der Waals surface area contributed by atoms with E-state index in [1.807, 2.05) is 30.3 Å². The minimum Gasteiger partial charge on any atom is -0.483 e. The highest BCUT2D eigenvalue weighted by Gasteiger charge is 2.43. The lowest BCUT2D eigenvalue weighted by Crippen LogP contribution is -2.36. The first-order valence-electron chi connectivity index (χ1n) is 8.05. The highest BCUT2D eigenvalue weighted by atomic mass is 19.1. The molecule has 1 aliphatic heterocycles. The van der Waals surface area contributed by atoms with Crippen molar-refractivity contribution in [3.8, 4) is 5.75 Å². The topological polar surface area (TPSA) is 35.2 Å². The predicted molar refractivity (Wildman–Crippen MR) is 90.7 cm³/mol. The van der Waals surface area contributed by atoms with Gasteiger partial charge < -0.3 is 10.5 Å². The number of hydrogen-bond acceptors (Lipinski definition) is 2. The summed E-state index contributed by atoms with van der Waals surface area (Å²) in [4.78, 5) is 0. The first-order valence-corrected chi connectivity index (χ1v) is 8.05. The third-order valence-corrected chi connectivity index (χ3v) is 4.68. The Labute approximate surface area is 135 Å². The van der Waals surface area contributed by atoms with Crippen LogP contribution >= 0.6 is 0 Å². The third-order valence-electron chi connectivity index (χ3n) is 4.68. The molecule has 0 unspecified atom stereocenters. The van der Waals surface area contributed by atoms with Crippen molar-refractivity contribution in [1.29, 1.82) is 0 Å². The zero-order valence-corrected chi connectivity index (χ0v) is 13.4. The van der Waals surface area contributed by atoms with Crippen LogP contribution in [0.5, 0.6) is 5.75 Å². The molecule has 1 saturated carbocycles. The van der Waals surface area contributed by atoms with Gasteiger partial charge in [-0.25, -0.2) is 4.39 Å². The maximum Gasteiger partial charge on any atom is 0.130 e. The number of nitrogen functional groups attached to an aromatic ring is 1. The van der Waals surface area contributed by atoms with Crippen LogP contribution in [0.2, 0.25) is 0 Å². The van der Waals surface area contributed by atoms with Crippen molar-refractivity contribution in [1.82, 2.24) is 0 Å². The number of anilines is 1. The monoisotopic (exact) mass is 309 g/mol. The van der Waals surface area contributed by atoms with E-state index in [4.69, 9.17) is 10.5 Å². The van der Waals surface area contributed by atoms with Crippen LogP contribution in [0, 0.1) is 11.7 Å². The second kappa shape index (κ2) is 4.85. The standard InChI is InChI=1S/C20H20FNO/c1-20(2)19(13-3-4-13)18(12-5-7-14(21)8-6-12)16-10-9-15(22)11-17(16)23-20/h5-11,13H,3-4,22H2,1-2H3. The molecule has 23 heavy (non-hydrogen) atoms. The van der Waals surface area contributed by atoms with Gasteiger partial charge >= 0.3 is 0 Å². The average Bonchev–Trinajstić information content (AvgIpc) is 3.30. The molecule has 2 nitrogen and oxygen atoms in total. The molecule has 1 heterocycles. The van der Waals surface area contributed by atoms with Crippen LogP contribution in [0.4, 0.5) is 10.1 Å². The molecule has 0 bridgehead atoms. The van der Waals surface area contributed by atoms with Crippen LogP contribution in [-0.4, -0.2) is 5.60 Å². The van der Waals surface area contributed by atoms with Crippen LogP contribution in [0.1, 0.15) is 37.8 Å². The first-order chi connectivity index (χ1) is 11.0. The number of rotatable bonds is 2. The van der Waals surface area contributed by atoms with Gasteiger partial charge in [-0.2, -0.15) is 0 Å². The molecule has 2 aliphatic rings. The fourth-order valence-corrected chi connectivity index (χ4v) is 3.60. The summed E-state index contributed by atoms with van der Waals surface area (Å²) in [5.74, 6) is 1.14. The Hall–Kier alpha value is -2.29. The van der Waals surface area contributed by atoms with Gasteiger partial charge in [-0.05, 0) is 73.6 Å². The largest absolute Gasteiger partial charge is 0.483 e. The second-order valence-electron chi connectivity index (χ2n) is 6.94. The zero-order chi connectivity index (χ0) is 16.2. The van der Waals surface area contributed by atoms with Gasteiger partial charge in [0.2, 0.25) is 0 Å².